The molecule has 1 aromatic rings. The van der Waals surface area contributed by atoms with Gasteiger partial charge >= 0.3 is 0 Å². The first-order chi connectivity index (χ1) is 11.5. The topological polar surface area (TPSA) is 75.4 Å². The molecule has 1 aromatic carbocycles. The second kappa shape index (κ2) is 9.78. The fourth-order valence-electron chi connectivity index (χ4n) is 3.07. The van der Waals surface area contributed by atoms with E-state index in [0.717, 1.165) is 31.2 Å². The maximum absolute atomic E-state index is 12.9. The number of nitrogens with two attached hydrogens (primary N) is 1. The Morgan fingerprint density at radius 1 is 1.24 bits per heavy atom. The summed E-state index contributed by atoms with van der Waals surface area (Å²) >= 11 is 0. The van der Waals surface area contributed by atoms with Gasteiger partial charge in [0.15, 0.2) is 0 Å². The third-order valence-corrected chi connectivity index (χ3v) is 5.06. The second-order valence-corrected chi connectivity index (χ2v) is 6.64. The van der Waals surface area contributed by atoms with Gasteiger partial charge in [-0.25, -0.2) is 0 Å². The Morgan fingerprint density at radius 3 is 2.44 bits per heavy atom. The van der Waals surface area contributed by atoms with Gasteiger partial charge in [-0.05, 0) is 31.2 Å². The molecule has 0 aromatic heterocycles. The number of benzene rings is 1. The van der Waals surface area contributed by atoms with Crippen LogP contribution in [-0.2, 0) is 9.59 Å². The van der Waals surface area contributed by atoms with Crippen LogP contribution in [0, 0.1) is 0 Å². The van der Waals surface area contributed by atoms with E-state index in [4.69, 9.17) is 5.73 Å². The summed E-state index contributed by atoms with van der Waals surface area (Å²) in [5.41, 5.74) is 6.74. The number of nitrogens with one attached hydrogen (secondary N) is 1. The number of carbonyl (C=O) groups excluding carboxylic acids is 2. The van der Waals surface area contributed by atoms with E-state index in [2.05, 4.69) is 5.32 Å². The molecule has 25 heavy (non-hydrogen) atoms. The quantitative estimate of drug-likeness (QED) is 0.778. The lowest BCUT2D eigenvalue weighted by Gasteiger charge is -2.35. The van der Waals surface area contributed by atoms with E-state index < -0.39 is 11.6 Å². The summed E-state index contributed by atoms with van der Waals surface area (Å²) in [6, 6.07) is 8.94. The largest absolute Gasteiger partial charge is 0.352 e. The van der Waals surface area contributed by atoms with Crippen LogP contribution in [0.4, 0.5) is 0 Å². The Morgan fingerprint density at radius 2 is 1.88 bits per heavy atom. The zero-order chi connectivity index (χ0) is 17.6. The minimum Gasteiger partial charge on any atom is -0.352 e. The predicted octanol–water partition coefficient (Wildman–Crippen LogP) is 2.80. The first-order valence-corrected chi connectivity index (χ1v) is 8.91. The lowest BCUT2D eigenvalue weighted by atomic mass is 9.93. The molecule has 6 heteroatoms. The average molecular weight is 368 g/mol. The average Bonchev–Trinajstić information content (AvgIpc) is 2.62. The van der Waals surface area contributed by atoms with Crippen molar-refractivity contribution in [1.82, 2.24) is 10.2 Å². The van der Waals surface area contributed by atoms with E-state index in [1.807, 2.05) is 44.2 Å². The van der Waals surface area contributed by atoms with Crippen molar-refractivity contribution in [2.45, 2.75) is 57.5 Å². The molecule has 3 N–H and O–H groups in total. The molecule has 1 heterocycles. The van der Waals surface area contributed by atoms with Gasteiger partial charge in [0.25, 0.3) is 0 Å². The van der Waals surface area contributed by atoms with Gasteiger partial charge in [-0.2, -0.15) is 0 Å². The molecule has 5 nitrogen and oxygen atoms in total. The fourth-order valence-corrected chi connectivity index (χ4v) is 3.07. The summed E-state index contributed by atoms with van der Waals surface area (Å²) in [4.78, 5) is 27.0. The molecule has 140 valence electrons. The van der Waals surface area contributed by atoms with Crippen LogP contribution in [0.5, 0.6) is 0 Å². The Bertz CT molecular complexity index is 561. The standard InChI is InChI=1S/C19H29N3O2.ClH/c1-3-19(20,4-2)14-21-18(24)17(15-10-6-5-7-11-15)22-13-9-8-12-16(22)23;/h5-7,10-11,17H,3-4,8-9,12-14,20H2,1-2H3,(H,21,24);1H. The van der Waals surface area contributed by atoms with Crippen LogP contribution in [0.3, 0.4) is 0 Å². The van der Waals surface area contributed by atoms with Gasteiger partial charge in [0.05, 0.1) is 0 Å². The number of nitrogens with zero attached hydrogens (tertiary/aromatic N) is 1. The normalized spacial score (nSPS) is 16.1. The van der Waals surface area contributed by atoms with Crippen molar-refractivity contribution in [3.63, 3.8) is 0 Å². The molecule has 1 atom stereocenters. The Hall–Kier alpha value is -1.59. The zero-order valence-electron chi connectivity index (χ0n) is 15.2. The number of hydrogen-bond donors (Lipinski definition) is 2. The van der Waals surface area contributed by atoms with Crippen LogP contribution in [0.25, 0.3) is 0 Å². The van der Waals surface area contributed by atoms with E-state index in [-0.39, 0.29) is 24.2 Å². The molecule has 1 aliphatic heterocycles. The molecule has 0 saturated carbocycles. The molecule has 0 bridgehead atoms. The fraction of sp³-hybridized carbons (Fsp3) is 0.579. The number of carbonyl (C=O) groups is 2. The van der Waals surface area contributed by atoms with Crippen molar-refractivity contribution in [3.05, 3.63) is 35.9 Å². The molecule has 1 fully saturated rings. The number of amides is 2. The highest BCUT2D eigenvalue weighted by molar-refractivity contribution is 5.89. The third-order valence-electron chi connectivity index (χ3n) is 5.06. The summed E-state index contributed by atoms with van der Waals surface area (Å²) in [5.74, 6) is -0.0941. The maximum atomic E-state index is 12.9. The van der Waals surface area contributed by atoms with Gasteiger partial charge in [-0.3, -0.25) is 9.59 Å². The molecule has 0 radical (unpaired) electrons. The molecule has 1 saturated heterocycles. The molecular formula is C19H30ClN3O2. The zero-order valence-corrected chi connectivity index (χ0v) is 16.0. The van der Waals surface area contributed by atoms with E-state index in [9.17, 15) is 9.59 Å². The van der Waals surface area contributed by atoms with Crippen LogP contribution in [0.15, 0.2) is 30.3 Å². The number of hydrogen-bond acceptors (Lipinski definition) is 3. The number of piperidine rings is 1. The number of likely N-dealkylation sites (tertiary alicyclic amines) is 1. The lowest BCUT2D eigenvalue weighted by molar-refractivity contribution is -0.142. The lowest BCUT2D eigenvalue weighted by Crippen LogP contribution is -2.52. The summed E-state index contributed by atoms with van der Waals surface area (Å²) in [6.07, 6.45) is 3.94. The Labute approximate surface area is 156 Å². The molecule has 0 aliphatic carbocycles. The van der Waals surface area contributed by atoms with Gasteiger partial charge in [-0.1, -0.05) is 44.2 Å². The summed E-state index contributed by atoms with van der Waals surface area (Å²) in [5, 5.41) is 2.98. The number of halogens is 1. The SMILES string of the molecule is CCC(N)(CC)CNC(=O)C(c1ccccc1)N1CCCCC1=O.Cl. The van der Waals surface area contributed by atoms with E-state index in [0.29, 0.717) is 19.5 Å². The van der Waals surface area contributed by atoms with Crippen molar-refractivity contribution >= 4 is 24.2 Å². The van der Waals surface area contributed by atoms with Crippen LogP contribution < -0.4 is 11.1 Å². The second-order valence-electron chi connectivity index (χ2n) is 6.64. The monoisotopic (exact) mass is 367 g/mol. The maximum Gasteiger partial charge on any atom is 0.247 e. The summed E-state index contributed by atoms with van der Waals surface area (Å²) in [6.45, 7) is 5.10. The van der Waals surface area contributed by atoms with E-state index >= 15 is 0 Å². The van der Waals surface area contributed by atoms with E-state index in [1.54, 1.807) is 4.90 Å². The first kappa shape index (κ1) is 21.5. The first-order valence-electron chi connectivity index (χ1n) is 8.91. The van der Waals surface area contributed by atoms with Crippen molar-refractivity contribution in [3.8, 4) is 0 Å². The molecule has 1 aliphatic rings. The summed E-state index contributed by atoms with van der Waals surface area (Å²) < 4.78 is 0. The van der Waals surface area contributed by atoms with Gasteiger partial charge in [0.2, 0.25) is 11.8 Å². The highest BCUT2D eigenvalue weighted by Gasteiger charge is 2.33. The smallest absolute Gasteiger partial charge is 0.247 e. The highest BCUT2D eigenvalue weighted by Crippen LogP contribution is 2.26. The van der Waals surface area contributed by atoms with Gasteiger partial charge < -0.3 is 16.0 Å². The van der Waals surface area contributed by atoms with Crippen LogP contribution in [0.1, 0.15) is 57.6 Å². The van der Waals surface area contributed by atoms with Gasteiger partial charge in [0.1, 0.15) is 6.04 Å². The van der Waals surface area contributed by atoms with Crippen molar-refractivity contribution in [2.24, 2.45) is 5.73 Å². The van der Waals surface area contributed by atoms with E-state index in [1.165, 1.54) is 0 Å². The van der Waals surface area contributed by atoms with Crippen molar-refractivity contribution in [1.29, 1.82) is 0 Å². The highest BCUT2D eigenvalue weighted by atomic mass is 35.5. The van der Waals surface area contributed by atoms with Crippen molar-refractivity contribution < 1.29 is 9.59 Å². The van der Waals surface area contributed by atoms with Gasteiger partial charge in [0, 0.05) is 25.0 Å². The minimum atomic E-state index is -0.572. The Kier molecular flexibility index (Phi) is 8.39. The third kappa shape index (κ3) is 5.44. The van der Waals surface area contributed by atoms with Crippen LogP contribution in [-0.4, -0.2) is 35.3 Å². The van der Waals surface area contributed by atoms with Crippen LogP contribution in [0.2, 0.25) is 0 Å². The summed E-state index contributed by atoms with van der Waals surface area (Å²) in [7, 11) is 0. The van der Waals surface area contributed by atoms with Crippen molar-refractivity contribution in [2.75, 3.05) is 13.1 Å². The molecule has 2 rings (SSSR count). The minimum absolute atomic E-state index is 0. The molecule has 2 amide bonds. The predicted molar refractivity (Wildman–Crippen MR) is 103 cm³/mol. The molecule has 1 unspecified atom stereocenters. The Balaban J connectivity index is 0.00000312. The number of rotatable bonds is 7. The molecular weight excluding hydrogens is 338 g/mol. The molecule has 0 spiro atoms. The van der Waals surface area contributed by atoms with Gasteiger partial charge in [-0.15, -0.1) is 12.4 Å². The van der Waals surface area contributed by atoms with Crippen LogP contribution >= 0.6 is 12.4 Å².